The Kier molecular flexibility index (Phi) is 3.64. The monoisotopic (exact) mass is 269 g/mol. The Bertz CT molecular complexity index is 552. The third-order valence-electron chi connectivity index (χ3n) is 3.38. The first-order valence-corrected chi connectivity index (χ1v) is 7.84. The molecule has 0 saturated carbocycles. The molecule has 0 bridgehead atoms. The van der Waals surface area contributed by atoms with Gasteiger partial charge in [0, 0.05) is 12.6 Å². The quantitative estimate of drug-likeness (QED) is 0.881. The summed E-state index contributed by atoms with van der Waals surface area (Å²) < 4.78 is 28.6. The molecule has 1 unspecified atom stereocenters. The van der Waals surface area contributed by atoms with Crippen molar-refractivity contribution in [1.82, 2.24) is 5.32 Å². The van der Waals surface area contributed by atoms with E-state index in [0.717, 1.165) is 22.4 Å². The predicted octanol–water partition coefficient (Wildman–Crippen LogP) is 1.37. The van der Waals surface area contributed by atoms with E-state index in [1.165, 1.54) is 0 Å². The third-order valence-corrected chi connectivity index (χ3v) is 5.05. The molecule has 0 radical (unpaired) electrons. The smallest absolute Gasteiger partial charge is 0.153 e. The van der Waals surface area contributed by atoms with Crippen LogP contribution >= 0.6 is 0 Å². The van der Waals surface area contributed by atoms with Crippen LogP contribution in [0.15, 0.2) is 12.1 Å². The van der Waals surface area contributed by atoms with Gasteiger partial charge in [-0.1, -0.05) is 6.07 Å². The molecule has 1 aliphatic heterocycles. The number of rotatable bonds is 2. The van der Waals surface area contributed by atoms with Gasteiger partial charge in [-0.05, 0) is 36.6 Å². The first-order valence-electron chi connectivity index (χ1n) is 6.02. The largest absolute Gasteiger partial charge is 0.496 e. The Morgan fingerprint density at radius 1 is 1.28 bits per heavy atom. The van der Waals surface area contributed by atoms with Crippen molar-refractivity contribution in [1.29, 1.82) is 0 Å². The molecule has 0 aliphatic carbocycles. The number of benzene rings is 1. The zero-order valence-corrected chi connectivity index (χ0v) is 11.8. The van der Waals surface area contributed by atoms with E-state index in [9.17, 15) is 8.42 Å². The van der Waals surface area contributed by atoms with Crippen LogP contribution in [0, 0.1) is 13.8 Å². The Hall–Kier alpha value is -1.07. The lowest BCUT2D eigenvalue weighted by Crippen LogP contribution is -2.39. The van der Waals surface area contributed by atoms with E-state index < -0.39 is 9.84 Å². The van der Waals surface area contributed by atoms with Crippen LogP contribution in [0.2, 0.25) is 0 Å². The number of nitrogens with one attached hydrogen (secondary N) is 1. The molecule has 5 heteroatoms. The van der Waals surface area contributed by atoms with Crippen molar-refractivity contribution >= 4 is 9.84 Å². The van der Waals surface area contributed by atoms with Crippen molar-refractivity contribution in [3.8, 4) is 5.75 Å². The molecule has 1 fully saturated rings. The second-order valence-corrected chi connectivity index (χ2v) is 7.03. The molecule has 1 N–H and O–H groups in total. The number of aryl methyl sites for hydroxylation is 2. The van der Waals surface area contributed by atoms with E-state index in [2.05, 4.69) is 5.32 Å². The van der Waals surface area contributed by atoms with Crippen molar-refractivity contribution in [3.05, 3.63) is 28.8 Å². The molecule has 18 heavy (non-hydrogen) atoms. The van der Waals surface area contributed by atoms with Crippen LogP contribution in [-0.2, 0) is 9.84 Å². The van der Waals surface area contributed by atoms with Gasteiger partial charge in [0.1, 0.15) is 5.75 Å². The summed E-state index contributed by atoms with van der Waals surface area (Å²) in [4.78, 5) is 0. The second kappa shape index (κ2) is 4.90. The van der Waals surface area contributed by atoms with Crippen molar-refractivity contribution in [2.75, 3.05) is 25.2 Å². The molecule has 1 atom stereocenters. The van der Waals surface area contributed by atoms with Gasteiger partial charge < -0.3 is 10.1 Å². The lowest BCUT2D eigenvalue weighted by atomic mass is 9.99. The Morgan fingerprint density at radius 3 is 2.61 bits per heavy atom. The van der Waals surface area contributed by atoms with E-state index in [4.69, 9.17) is 4.74 Å². The molecular formula is C13H19NO3S. The molecule has 1 saturated heterocycles. The summed E-state index contributed by atoms with van der Waals surface area (Å²) in [6, 6.07) is 3.88. The highest BCUT2D eigenvalue weighted by Gasteiger charge is 2.26. The minimum Gasteiger partial charge on any atom is -0.496 e. The molecule has 1 aliphatic rings. The van der Waals surface area contributed by atoms with Crippen LogP contribution in [-0.4, -0.2) is 33.6 Å². The summed E-state index contributed by atoms with van der Waals surface area (Å²) in [5.74, 6) is 1.26. The maximum atomic E-state index is 11.7. The maximum Gasteiger partial charge on any atom is 0.153 e. The Labute approximate surface area is 108 Å². The average molecular weight is 269 g/mol. The third kappa shape index (κ3) is 2.67. The van der Waals surface area contributed by atoms with Crippen molar-refractivity contribution in [3.63, 3.8) is 0 Å². The van der Waals surface area contributed by atoms with Gasteiger partial charge >= 0.3 is 0 Å². The lowest BCUT2D eigenvalue weighted by molar-refractivity contribution is 0.410. The minimum absolute atomic E-state index is 0.103. The van der Waals surface area contributed by atoms with Crippen LogP contribution in [0.5, 0.6) is 5.75 Å². The molecule has 4 nitrogen and oxygen atoms in total. The average Bonchev–Trinajstić information content (AvgIpc) is 2.30. The Morgan fingerprint density at radius 2 is 2.00 bits per heavy atom. The predicted molar refractivity (Wildman–Crippen MR) is 71.9 cm³/mol. The van der Waals surface area contributed by atoms with E-state index in [1.54, 1.807) is 7.11 Å². The van der Waals surface area contributed by atoms with Crippen LogP contribution < -0.4 is 10.1 Å². The zero-order chi connectivity index (χ0) is 13.3. The second-order valence-electron chi connectivity index (χ2n) is 4.80. The summed E-state index contributed by atoms with van der Waals surface area (Å²) in [5, 5.41) is 3.28. The highest BCUT2D eigenvalue weighted by atomic mass is 32.2. The summed E-state index contributed by atoms with van der Waals surface area (Å²) in [5.41, 5.74) is 3.14. The first-order chi connectivity index (χ1) is 8.43. The highest BCUT2D eigenvalue weighted by Crippen LogP contribution is 2.28. The topological polar surface area (TPSA) is 55.4 Å². The molecule has 1 aromatic rings. The first kappa shape index (κ1) is 13.4. The molecule has 100 valence electrons. The van der Waals surface area contributed by atoms with E-state index in [0.29, 0.717) is 6.54 Å². The molecule has 0 aromatic heterocycles. The van der Waals surface area contributed by atoms with Gasteiger partial charge in [0.15, 0.2) is 9.84 Å². The van der Waals surface area contributed by atoms with Crippen molar-refractivity contribution in [2.45, 2.75) is 19.9 Å². The van der Waals surface area contributed by atoms with Gasteiger partial charge in [-0.25, -0.2) is 8.42 Å². The van der Waals surface area contributed by atoms with Crippen molar-refractivity contribution in [2.24, 2.45) is 0 Å². The normalized spacial score (nSPS) is 22.7. The number of ether oxygens (including phenoxy) is 1. The van der Waals surface area contributed by atoms with Crippen LogP contribution in [0.3, 0.4) is 0 Å². The van der Waals surface area contributed by atoms with Crippen LogP contribution in [0.25, 0.3) is 0 Å². The van der Waals surface area contributed by atoms with Crippen LogP contribution in [0.1, 0.15) is 22.7 Å². The van der Waals surface area contributed by atoms with Gasteiger partial charge in [-0.15, -0.1) is 0 Å². The molecule has 1 aromatic carbocycles. The van der Waals surface area contributed by atoms with Gasteiger partial charge in [0.05, 0.1) is 18.6 Å². The number of hydrogen-bond acceptors (Lipinski definition) is 4. The fourth-order valence-electron chi connectivity index (χ4n) is 2.39. The van der Waals surface area contributed by atoms with Crippen LogP contribution in [0.4, 0.5) is 0 Å². The lowest BCUT2D eigenvalue weighted by Gasteiger charge is -2.26. The van der Waals surface area contributed by atoms with E-state index >= 15 is 0 Å². The summed E-state index contributed by atoms with van der Waals surface area (Å²) in [7, 11) is -1.28. The SMILES string of the molecule is COc1cc(C)c(C2CS(=O)(=O)CCN2)cc1C. The van der Waals surface area contributed by atoms with Gasteiger partial charge in [-0.2, -0.15) is 0 Å². The van der Waals surface area contributed by atoms with Gasteiger partial charge in [-0.3, -0.25) is 0 Å². The Balaban J connectivity index is 2.36. The number of methoxy groups -OCH3 is 1. The molecule has 0 amide bonds. The summed E-state index contributed by atoms with van der Waals surface area (Å²) in [6.07, 6.45) is 0. The van der Waals surface area contributed by atoms with Crippen molar-refractivity contribution < 1.29 is 13.2 Å². The van der Waals surface area contributed by atoms with E-state index in [1.807, 2.05) is 26.0 Å². The highest BCUT2D eigenvalue weighted by molar-refractivity contribution is 7.91. The maximum absolute atomic E-state index is 11.7. The summed E-state index contributed by atoms with van der Waals surface area (Å²) >= 11 is 0. The standard InChI is InChI=1S/C13H19NO3S/c1-9-7-13(17-3)10(2)6-11(9)12-8-18(15,16)5-4-14-12/h6-7,12,14H,4-5,8H2,1-3H3. The molecule has 2 rings (SSSR count). The molecular weight excluding hydrogens is 250 g/mol. The fourth-order valence-corrected chi connectivity index (χ4v) is 3.79. The fraction of sp³-hybridized carbons (Fsp3) is 0.538. The summed E-state index contributed by atoms with van der Waals surface area (Å²) in [6.45, 7) is 4.48. The van der Waals surface area contributed by atoms with Gasteiger partial charge in [0.2, 0.25) is 0 Å². The number of sulfone groups is 1. The van der Waals surface area contributed by atoms with Gasteiger partial charge in [0.25, 0.3) is 0 Å². The van der Waals surface area contributed by atoms with E-state index in [-0.39, 0.29) is 17.5 Å². The molecule has 1 heterocycles. The number of hydrogen-bond donors (Lipinski definition) is 1. The zero-order valence-electron chi connectivity index (χ0n) is 11.0. The minimum atomic E-state index is -2.92. The molecule has 0 spiro atoms.